The number of carbonyl (C=O) groups excluding carboxylic acids is 1. The second-order valence-corrected chi connectivity index (χ2v) is 6.97. The first kappa shape index (κ1) is 19.5. The van der Waals surface area contributed by atoms with E-state index in [0.717, 1.165) is 17.0 Å². The third-order valence-corrected chi connectivity index (χ3v) is 4.95. The van der Waals surface area contributed by atoms with Crippen molar-refractivity contribution in [2.45, 2.75) is 13.8 Å². The van der Waals surface area contributed by atoms with Crippen molar-refractivity contribution in [1.29, 1.82) is 0 Å². The first-order valence-electron chi connectivity index (χ1n) is 8.40. The Hall–Kier alpha value is -3.26. The van der Waals surface area contributed by atoms with E-state index < -0.39 is 4.92 Å². The normalized spacial score (nSPS) is 11.0. The predicted molar refractivity (Wildman–Crippen MR) is 111 cm³/mol. The number of halogens is 1. The minimum Gasteiger partial charge on any atom is -0.318 e. The second kappa shape index (κ2) is 8.18. The smallest absolute Gasteiger partial charge is 0.272 e. The van der Waals surface area contributed by atoms with Crippen LogP contribution in [0.4, 0.5) is 5.69 Å². The Morgan fingerprint density at radius 1 is 1.18 bits per heavy atom. The van der Waals surface area contributed by atoms with Crippen molar-refractivity contribution in [2.75, 3.05) is 0 Å². The van der Waals surface area contributed by atoms with Crippen LogP contribution in [-0.4, -0.2) is 21.6 Å². The molecule has 28 heavy (non-hydrogen) atoms. The Bertz CT molecular complexity index is 1090. The van der Waals surface area contributed by atoms with Gasteiger partial charge in [0.05, 0.1) is 22.4 Å². The van der Waals surface area contributed by atoms with E-state index in [1.54, 1.807) is 30.5 Å². The van der Waals surface area contributed by atoms with Gasteiger partial charge in [0.15, 0.2) is 0 Å². The highest BCUT2D eigenvalue weighted by Crippen LogP contribution is 2.23. The molecule has 0 saturated carbocycles. The number of nitro groups is 1. The molecule has 3 aromatic rings. The number of rotatable bonds is 5. The van der Waals surface area contributed by atoms with Crippen LogP contribution in [0.2, 0.25) is 0 Å². The van der Waals surface area contributed by atoms with E-state index in [1.807, 2.05) is 36.6 Å². The number of nitrogens with zero attached hydrogens (tertiary/aromatic N) is 3. The van der Waals surface area contributed by atoms with Crippen molar-refractivity contribution >= 4 is 33.7 Å². The van der Waals surface area contributed by atoms with Crippen LogP contribution < -0.4 is 5.43 Å². The van der Waals surface area contributed by atoms with Crippen LogP contribution in [0.5, 0.6) is 0 Å². The second-order valence-electron chi connectivity index (χ2n) is 6.12. The van der Waals surface area contributed by atoms with Gasteiger partial charge in [0.25, 0.3) is 11.6 Å². The molecule has 3 rings (SSSR count). The minimum absolute atomic E-state index is 0.0286. The fraction of sp³-hybridized carbons (Fsp3) is 0.100. The third kappa shape index (κ3) is 4.01. The number of hydrogen-bond acceptors (Lipinski definition) is 4. The number of aromatic nitrogens is 1. The average Bonchev–Trinajstić information content (AvgIpc) is 2.95. The number of nitrogens with one attached hydrogen (secondary N) is 1. The lowest BCUT2D eigenvalue weighted by molar-refractivity contribution is -0.384. The SMILES string of the molecule is Cc1cc(C=NNC(=O)c2ccccc2Br)c(C)n1-c1cccc([N+](=O)[O-])c1. The highest BCUT2D eigenvalue weighted by Gasteiger charge is 2.13. The molecular formula is C20H17BrN4O3. The predicted octanol–water partition coefficient (Wildman–Crippen LogP) is 4.53. The molecule has 0 aliphatic carbocycles. The van der Waals surface area contributed by atoms with E-state index in [9.17, 15) is 14.9 Å². The molecule has 1 N–H and O–H groups in total. The molecule has 1 heterocycles. The lowest BCUT2D eigenvalue weighted by atomic mass is 10.2. The van der Waals surface area contributed by atoms with Gasteiger partial charge < -0.3 is 4.57 Å². The van der Waals surface area contributed by atoms with E-state index in [2.05, 4.69) is 26.5 Å². The van der Waals surface area contributed by atoms with Gasteiger partial charge in [0.1, 0.15) is 0 Å². The molecule has 0 unspecified atom stereocenters. The van der Waals surface area contributed by atoms with Gasteiger partial charge in [-0.25, -0.2) is 5.43 Å². The van der Waals surface area contributed by atoms with Crippen molar-refractivity contribution in [3.05, 3.63) is 91.7 Å². The van der Waals surface area contributed by atoms with Crippen molar-refractivity contribution < 1.29 is 9.72 Å². The van der Waals surface area contributed by atoms with Crippen molar-refractivity contribution in [3.8, 4) is 5.69 Å². The quantitative estimate of drug-likeness (QED) is 0.359. The summed E-state index contributed by atoms with van der Waals surface area (Å²) in [5.74, 6) is -0.323. The number of hydrazone groups is 1. The maximum absolute atomic E-state index is 12.2. The average molecular weight is 441 g/mol. The summed E-state index contributed by atoms with van der Waals surface area (Å²) in [5.41, 5.74) is 6.28. The van der Waals surface area contributed by atoms with Crippen LogP contribution in [0.3, 0.4) is 0 Å². The molecule has 0 atom stereocenters. The number of non-ortho nitro benzene ring substituents is 1. The Labute approximate surface area is 170 Å². The van der Waals surface area contributed by atoms with Gasteiger partial charge in [-0.05, 0) is 54.0 Å². The Kier molecular flexibility index (Phi) is 5.70. The number of amides is 1. The molecule has 0 aliphatic rings. The van der Waals surface area contributed by atoms with Crippen LogP contribution >= 0.6 is 15.9 Å². The number of benzene rings is 2. The van der Waals surface area contributed by atoms with Gasteiger partial charge in [0.2, 0.25) is 0 Å². The van der Waals surface area contributed by atoms with Gasteiger partial charge in [-0.2, -0.15) is 5.10 Å². The summed E-state index contributed by atoms with van der Waals surface area (Å²) >= 11 is 3.34. The van der Waals surface area contributed by atoms with E-state index in [4.69, 9.17) is 0 Å². The molecule has 1 amide bonds. The monoisotopic (exact) mass is 440 g/mol. The molecule has 0 saturated heterocycles. The Morgan fingerprint density at radius 3 is 2.64 bits per heavy atom. The van der Waals surface area contributed by atoms with Crippen molar-refractivity contribution in [3.63, 3.8) is 0 Å². The van der Waals surface area contributed by atoms with Gasteiger partial charge in [0, 0.05) is 33.6 Å². The summed E-state index contributed by atoms with van der Waals surface area (Å²) < 4.78 is 2.59. The van der Waals surface area contributed by atoms with Gasteiger partial charge in [-0.1, -0.05) is 18.2 Å². The zero-order chi connectivity index (χ0) is 20.3. The third-order valence-electron chi connectivity index (χ3n) is 4.26. The summed E-state index contributed by atoms with van der Waals surface area (Å²) in [7, 11) is 0. The lowest BCUT2D eigenvalue weighted by Crippen LogP contribution is -2.18. The molecule has 2 aromatic carbocycles. The van der Waals surface area contributed by atoms with Crippen LogP contribution in [-0.2, 0) is 0 Å². The highest BCUT2D eigenvalue weighted by atomic mass is 79.9. The van der Waals surface area contributed by atoms with E-state index in [0.29, 0.717) is 15.7 Å². The van der Waals surface area contributed by atoms with Crippen LogP contribution in [0.1, 0.15) is 27.3 Å². The Morgan fingerprint density at radius 2 is 1.93 bits per heavy atom. The molecule has 0 bridgehead atoms. The number of hydrogen-bond donors (Lipinski definition) is 1. The van der Waals surface area contributed by atoms with E-state index in [1.165, 1.54) is 12.1 Å². The molecule has 8 heteroatoms. The maximum Gasteiger partial charge on any atom is 0.272 e. The zero-order valence-electron chi connectivity index (χ0n) is 15.2. The van der Waals surface area contributed by atoms with Crippen molar-refractivity contribution in [1.82, 2.24) is 9.99 Å². The summed E-state index contributed by atoms with van der Waals surface area (Å²) in [6.45, 7) is 3.80. The first-order valence-corrected chi connectivity index (χ1v) is 9.19. The largest absolute Gasteiger partial charge is 0.318 e. The van der Waals surface area contributed by atoms with Crippen LogP contribution in [0, 0.1) is 24.0 Å². The fourth-order valence-electron chi connectivity index (χ4n) is 2.93. The van der Waals surface area contributed by atoms with E-state index in [-0.39, 0.29) is 11.6 Å². The molecule has 0 fully saturated rings. The highest BCUT2D eigenvalue weighted by molar-refractivity contribution is 9.10. The van der Waals surface area contributed by atoms with Crippen molar-refractivity contribution in [2.24, 2.45) is 5.10 Å². The standard InChI is InChI=1S/C20H17BrN4O3/c1-13-10-15(12-22-23-20(26)18-8-3-4-9-19(18)21)14(2)24(13)16-6-5-7-17(11-16)25(27)28/h3-12H,1-2H3,(H,23,26). The van der Waals surface area contributed by atoms with Crippen LogP contribution in [0.15, 0.2) is 64.2 Å². The molecule has 0 aliphatic heterocycles. The summed E-state index contributed by atoms with van der Waals surface area (Å²) in [4.78, 5) is 22.8. The molecule has 1 aromatic heterocycles. The number of aryl methyl sites for hydroxylation is 1. The number of carbonyl (C=O) groups is 1. The van der Waals surface area contributed by atoms with Gasteiger partial charge in [-0.3, -0.25) is 14.9 Å². The molecule has 7 nitrogen and oxygen atoms in total. The van der Waals surface area contributed by atoms with Crippen LogP contribution in [0.25, 0.3) is 5.69 Å². The minimum atomic E-state index is -0.419. The molecule has 0 radical (unpaired) electrons. The number of nitro benzene ring substituents is 1. The zero-order valence-corrected chi connectivity index (χ0v) is 16.8. The summed E-state index contributed by atoms with van der Waals surface area (Å²) in [6, 6.07) is 15.4. The summed E-state index contributed by atoms with van der Waals surface area (Å²) in [5, 5.41) is 15.1. The topological polar surface area (TPSA) is 89.5 Å². The summed E-state index contributed by atoms with van der Waals surface area (Å²) in [6.07, 6.45) is 1.56. The van der Waals surface area contributed by atoms with Gasteiger partial charge in [-0.15, -0.1) is 0 Å². The molecule has 0 spiro atoms. The first-order chi connectivity index (χ1) is 13.4. The Balaban J connectivity index is 1.83. The molecular weight excluding hydrogens is 424 g/mol. The fourth-order valence-corrected chi connectivity index (χ4v) is 3.39. The maximum atomic E-state index is 12.2. The van der Waals surface area contributed by atoms with Gasteiger partial charge >= 0.3 is 0 Å². The molecule has 142 valence electrons. The lowest BCUT2D eigenvalue weighted by Gasteiger charge is -2.09. The van der Waals surface area contributed by atoms with E-state index >= 15 is 0 Å².